The highest BCUT2D eigenvalue weighted by Crippen LogP contribution is 2.43. The van der Waals surface area contributed by atoms with Gasteiger partial charge in [-0.2, -0.15) is 10.1 Å². The third kappa shape index (κ3) is 6.25. The molecule has 0 amide bonds. The van der Waals surface area contributed by atoms with Gasteiger partial charge in [-0.1, -0.05) is 170 Å². The van der Waals surface area contributed by atoms with Crippen LogP contribution in [0, 0.1) is 0 Å². The van der Waals surface area contributed by atoms with Gasteiger partial charge in [-0.3, -0.25) is 4.57 Å². The van der Waals surface area contributed by atoms with Crippen molar-refractivity contribution >= 4 is 109 Å². The minimum Gasteiger partial charge on any atom is -0.354 e. The number of aromatic nitrogens is 8. The smallest absolute Gasteiger partial charge is 0.231 e. The van der Waals surface area contributed by atoms with Crippen molar-refractivity contribution in [1.29, 1.82) is 0 Å². The molecule has 17 aromatic rings. The molecule has 76 heavy (non-hydrogen) atoms. The Labute approximate surface area is 434 Å². The van der Waals surface area contributed by atoms with E-state index in [0.29, 0.717) is 11.8 Å². The number of rotatable bonds is 5. The zero-order chi connectivity index (χ0) is 49.8. The standard InChI is InChI=1S/C36H23N3.C32H21N5/c1-5-16-31-25(12-1)29-22-36-30(21-32(29)37-31)28-15-4-8-19-35(28)39(36)24-11-9-10-23(20-24)38-33-17-6-2-13-26(33)27-14-3-7-18-34(27)38;1-3-11-21(12-4-1)31-33-32(35-34-31)37-26-17-9-7-15-23(26)24-19-20-28-29(30(24)37)25-16-8-10-18-27(25)36(28)22-13-5-2-6-14-22/h1-22,37H;1-20H,(H,33,34,35). The third-order valence-electron chi connectivity index (χ3n) is 15.4. The summed E-state index contributed by atoms with van der Waals surface area (Å²) in [5.74, 6) is 1.38. The van der Waals surface area contributed by atoms with E-state index in [0.717, 1.165) is 39.2 Å². The van der Waals surface area contributed by atoms with Gasteiger partial charge in [0.1, 0.15) is 0 Å². The number of hydrogen-bond donors (Lipinski definition) is 2. The fourth-order valence-corrected chi connectivity index (χ4v) is 12.2. The van der Waals surface area contributed by atoms with Gasteiger partial charge in [-0.15, -0.1) is 0 Å². The first-order chi connectivity index (χ1) is 37.7. The number of nitrogens with one attached hydrogen (secondary N) is 2. The molecule has 0 radical (unpaired) electrons. The number of benzene rings is 11. The van der Waals surface area contributed by atoms with Gasteiger partial charge in [0, 0.05) is 87.5 Å². The summed E-state index contributed by atoms with van der Waals surface area (Å²) < 4.78 is 9.39. The second-order valence-electron chi connectivity index (χ2n) is 19.6. The average molecular weight is 973 g/mol. The monoisotopic (exact) mass is 972 g/mol. The Balaban J connectivity index is 0.000000128. The summed E-state index contributed by atoms with van der Waals surface area (Å²) in [4.78, 5) is 8.60. The molecule has 0 unspecified atom stereocenters. The Bertz CT molecular complexity index is 5070. The maximum absolute atomic E-state index is 4.96. The molecular weight excluding hydrogens is 929 g/mol. The first-order valence-electron chi connectivity index (χ1n) is 25.7. The SMILES string of the molecule is c1cc(-n2c3ccccc3c3ccccc32)cc(-n2c3ccccc3c3cc4[nH]c5ccccc5c4cc32)c1.c1ccc(-c2n[nH]c(-n3c4ccccc4c4ccc5c(c6ccccc6n5-c5ccccc5)c43)n2)cc1. The second kappa shape index (κ2) is 16.5. The van der Waals surface area contributed by atoms with Crippen LogP contribution in [0.2, 0.25) is 0 Å². The highest BCUT2D eigenvalue weighted by molar-refractivity contribution is 6.26. The third-order valence-corrected chi connectivity index (χ3v) is 15.4. The summed E-state index contributed by atoms with van der Waals surface area (Å²) in [6, 6.07) is 90.6. The lowest BCUT2D eigenvalue weighted by atomic mass is 10.1. The summed E-state index contributed by atoms with van der Waals surface area (Å²) in [6.45, 7) is 0. The molecule has 0 spiro atoms. The number of aromatic amines is 2. The van der Waals surface area contributed by atoms with Crippen molar-refractivity contribution in [3.63, 3.8) is 0 Å². The topological polar surface area (TPSA) is 77.1 Å². The highest BCUT2D eigenvalue weighted by Gasteiger charge is 2.23. The minimum atomic E-state index is 0.681. The molecule has 0 atom stereocenters. The fraction of sp³-hybridized carbons (Fsp3) is 0. The second-order valence-corrected chi connectivity index (χ2v) is 19.6. The van der Waals surface area contributed by atoms with Crippen LogP contribution >= 0.6 is 0 Å². The molecular formula is C68H44N8. The maximum atomic E-state index is 4.96. The lowest BCUT2D eigenvalue weighted by molar-refractivity contribution is 0.992. The van der Waals surface area contributed by atoms with Crippen LogP contribution in [0.15, 0.2) is 255 Å². The van der Waals surface area contributed by atoms with Crippen molar-refractivity contribution < 1.29 is 0 Å². The molecule has 0 aliphatic heterocycles. The van der Waals surface area contributed by atoms with Crippen LogP contribution in [0.3, 0.4) is 0 Å². The largest absolute Gasteiger partial charge is 0.354 e. The number of nitrogens with zero attached hydrogens (tertiary/aromatic N) is 6. The van der Waals surface area contributed by atoms with Crippen LogP contribution in [-0.2, 0) is 0 Å². The molecule has 8 heteroatoms. The number of fused-ring (bicyclic) bond motifs is 16. The van der Waals surface area contributed by atoms with E-state index in [2.05, 4.69) is 258 Å². The summed E-state index contributed by atoms with van der Waals surface area (Å²) in [6.07, 6.45) is 0. The number of para-hydroxylation sites is 7. The van der Waals surface area contributed by atoms with Crippen molar-refractivity contribution in [1.82, 2.24) is 38.4 Å². The molecule has 6 aromatic heterocycles. The van der Waals surface area contributed by atoms with Crippen LogP contribution in [0.4, 0.5) is 0 Å². The Morgan fingerprint density at radius 1 is 0.289 bits per heavy atom. The number of H-pyrrole nitrogens is 2. The average Bonchev–Trinajstić information content (AvgIpc) is 4.43. The van der Waals surface area contributed by atoms with Crippen LogP contribution in [0.5, 0.6) is 0 Å². The zero-order valence-electron chi connectivity index (χ0n) is 40.9. The van der Waals surface area contributed by atoms with Gasteiger partial charge in [0.2, 0.25) is 5.95 Å². The molecule has 2 N–H and O–H groups in total. The highest BCUT2D eigenvalue weighted by atomic mass is 15.3. The molecule has 0 fully saturated rings. The van der Waals surface area contributed by atoms with Crippen molar-refractivity contribution in [2.45, 2.75) is 0 Å². The van der Waals surface area contributed by atoms with Gasteiger partial charge in [-0.05, 0) is 84.9 Å². The minimum absolute atomic E-state index is 0.681. The Hall–Kier alpha value is -10.4. The zero-order valence-corrected chi connectivity index (χ0v) is 40.9. The summed E-state index contributed by atoms with van der Waals surface area (Å²) in [7, 11) is 0. The molecule has 0 aliphatic carbocycles. The first-order valence-corrected chi connectivity index (χ1v) is 25.7. The Morgan fingerprint density at radius 3 is 1.43 bits per heavy atom. The van der Waals surface area contributed by atoms with Gasteiger partial charge in [0.05, 0.1) is 44.1 Å². The molecule has 0 aliphatic rings. The first kappa shape index (κ1) is 42.1. The normalized spacial score (nSPS) is 11.9. The Morgan fingerprint density at radius 2 is 0.776 bits per heavy atom. The van der Waals surface area contributed by atoms with E-state index in [1.165, 1.54) is 92.5 Å². The van der Waals surface area contributed by atoms with Gasteiger partial charge < -0.3 is 18.7 Å². The van der Waals surface area contributed by atoms with Crippen LogP contribution in [0.25, 0.3) is 143 Å². The maximum Gasteiger partial charge on any atom is 0.231 e. The quantitative estimate of drug-likeness (QED) is 0.180. The van der Waals surface area contributed by atoms with E-state index in [4.69, 9.17) is 4.98 Å². The van der Waals surface area contributed by atoms with E-state index in [9.17, 15) is 0 Å². The molecule has 0 saturated heterocycles. The molecule has 6 heterocycles. The fourth-order valence-electron chi connectivity index (χ4n) is 12.2. The summed E-state index contributed by atoms with van der Waals surface area (Å²) in [5.41, 5.74) is 16.2. The van der Waals surface area contributed by atoms with E-state index in [-0.39, 0.29) is 0 Å². The van der Waals surface area contributed by atoms with E-state index in [1.807, 2.05) is 30.3 Å². The van der Waals surface area contributed by atoms with Crippen LogP contribution < -0.4 is 0 Å². The number of hydrogen-bond acceptors (Lipinski definition) is 2. The van der Waals surface area contributed by atoms with Crippen LogP contribution in [0.1, 0.15) is 0 Å². The lowest BCUT2D eigenvalue weighted by Gasteiger charge is -2.13. The van der Waals surface area contributed by atoms with Gasteiger partial charge in [0.25, 0.3) is 0 Å². The van der Waals surface area contributed by atoms with Crippen molar-refractivity contribution in [3.8, 4) is 34.4 Å². The molecule has 0 saturated carbocycles. The van der Waals surface area contributed by atoms with Gasteiger partial charge in [-0.25, -0.2) is 5.10 Å². The summed E-state index contributed by atoms with van der Waals surface area (Å²) in [5, 5.41) is 20.2. The van der Waals surface area contributed by atoms with Gasteiger partial charge in [0.15, 0.2) is 5.82 Å². The van der Waals surface area contributed by atoms with Gasteiger partial charge >= 0.3 is 0 Å². The predicted molar refractivity (Wildman–Crippen MR) is 315 cm³/mol. The molecule has 8 nitrogen and oxygen atoms in total. The van der Waals surface area contributed by atoms with Crippen molar-refractivity contribution in [2.75, 3.05) is 0 Å². The predicted octanol–water partition coefficient (Wildman–Crippen LogP) is 17.2. The Kier molecular flexibility index (Phi) is 9.17. The van der Waals surface area contributed by atoms with E-state index >= 15 is 0 Å². The lowest BCUT2D eigenvalue weighted by Crippen LogP contribution is -1.98. The molecule has 356 valence electrons. The van der Waals surface area contributed by atoms with Crippen molar-refractivity contribution in [2.24, 2.45) is 0 Å². The molecule has 11 aromatic carbocycles. The van der Waals surface area contributed by atoms with Crippen LogP contribution in [-0.4, -0.2) is 38.4 Å². The van der Waals surface area contributed by atoms with Crippen molar-refractivity contribution in [3.05, 3.63) is 255 Å². The van der Waals surface area contributed by atoms with E-state index in [1.54, 1.807) is 0 Å². The molecule has 17 rings (SSSR count). The van der Waals surface area contributed by atoms with E-state index < -0.39 is 0 Å². The summed E-state index contributed by atoms with van der Waals surface area (Å²) >= 11 is 0. The molecule has 0 bridgehead atoms.